The average molecular weight is 170 g/mol. The summed E-state index contributed by atoms with van der Waals surface area (Å²) >= 11 is 0. The number of hydrogen-bond donors (Lipinski definition) is 1. The first-order valence-corrected chi connectivity index (χ1v) is 4.73. The van der Waals surface area contributed by atoms with Gasteiger partial charge in [0.05, 0.1) is 18.5 Å². The van der Waals surface area contributed by atoms with Gasteiger partial charge in [0.15, 0.2) is 0 Å². The molecule has 70 valence electrons. The molecule has 1 heterocycles. The van der Waals surface area contributed by atoms with Gasteiger partial charge in [-0.3, -0.25) is 4.99 Å². The van der Waals surface area contributed by atoms with Gasteiger partial charge in [0.25, 0.3) is 0 Å². The van der Waals surface area contributed by atoms with E-state index in [-0.39, 0.29) is 0 Å². The summed E-state index contributed by atoms with van der Waals surface area (Å²) in [5, 5.41) is 0. The van der Waals surface area contributed by atoms with Crippen LogP contribution in [0.1, 0.15) is 32.6 Å². The Morgan fingerprint density at radius 1 is 1.67 bits per heavy atom. The number of nitrogens with zero attached hydrogens (tertiary/aromatic N) is 1. The second-order valence-electron chi connectivity index (χ2n) is 3.22. The van der Waals surface area contributed by atoms with E-state index < -0.39 is 0 Å². The number of amidine groups is 1. The second-order valence-corrected chi connectivity index (χ2v) is 3.22. The molecule has 2 N–H and O–H groups in total. The molecule has 0 saturated carbocycles. The average Bonchev–Trinajstić information content (AvgIpc) is 2.53. The van der Waals surface area contributed by atoms with Crippen molar-refractivity contribution in [2.75, 3.05) is 13.2 Å². The highest BCUT2D eigenvalue weighted by Gasteiger charge is 2.14. The molecule has 0 amide bonds. The Kier molecular flexibility index (Phi) is 4.08. The van der Waals surface area contributed by atoms with Crippen LogP contribution in [0.3, 0.4) is 0 Å². The third kappa shape index (κ3) is 3.22. The fraction of sp³-hybridized carbons (Fsp3) is 0.889. The van der Waals surface area contributed by atoms with E-state index in [0.29, 0.717) is 6.10 Å². The van der Waals surface area contributed by atoms with E-state index in [1.807, 2.05) is 0 Å². The summed E-state index contributed by atoms with van der Waals surface area (Å²) in [7, 11) is 0. The van der Waals surface area contributed by atoms with Crippen LogP contribution in [0.25, 0.3) is 0 Å². The Bertz CT molecular complexity index is 151. The lowest BCUT2D eigenvalue weighted by Gasteiger charge is -2.05. The highest BCUT2D eigenvalue weighted by atomic mass is 16.5. The number of ether oxygens (including phenoxy) is 1. The van der Waals surface area contributed by atoms with E-state index in [1.165, 1.54) is 6.42 Å². The van der Waals surface area contributed by atoms with E-state index in [1.54, 1.807) is 0 Å². The highest BCUT2D eigenvalue weighted by molar-refractivity contribution is 5.80. The predicted molar refractivity (Wildman–Crippen MR) is 50.4 cm³/mol. The molecule has 0 aromatic heterocycles. The molecule has 0 aromatic rings. The lowest BCUT2D eigenvalue weighted by molar-refractivity contribution is 0.118. The zero-order chi connectivity index (χ0) is 8.81. The first-order chi connectivity index (χ1) is 5.83. The van der Waals surface area contributed by atoms with Crippen LogP contribution in [0.5, 0.6) is 0 Å². The van der Waals surface area contributed by atoms with Crippen LogP contribution in [-0.4, -0.2) is 25.1 Å². The van der Waals surface area contributed by atoms with Crippen LogP contribution in [0.15, 0.2) is 4.99 Å². The maximum atomic E-state index is 5.66. The van der Waals surface area contributed by atoms with Gasteiger partial charge in [-0.1, -0.05) is 6.92 Å². The van der Waals surface area contributed by atoms with Crippen molar-refractivity contribution in [2.45, 2.75) is 38.7 Å². The normalized spacial score (nSPS) is 24.8. The third-order valence-corrected chi connectivity index (χ3v) is 2.03. The SMILES string of the molecule is CCCC(N)=NCC1CCCO1. The maximum absolute atomic E-state index is 5.66. The van der Waals surface area contributed by atoms with Gasteiger partial charge < -0.3 is 10.5 Å². The molecule has 0 aromatic carbocycles. The standard InChI is InChI=1S/C9H18N2O/c1-2-4-9(10)11-7-8-5-3-6-12-8/h8H,2-7H2,1H3,(H2,10,11). The van der Waals surface area contributed by atoms with Crippen molar-refractivity contribution in [1.29, 1.82) is 0 Å². The van der Waals surface area contributed by atoms with Gasteiger partial charge in [-0.15, -0.1) is 0 Å². The topological polar surface area (TPSA) is 47.6 Å². The molecule has 1 aliphatic heterocycles. The fourth-order valence-corrected chi connectivity index (χ4v) is 1.34. The quantitative estimate of drug-likeness (QED) is 0.511. The molecule has 1 fully saturated rings. The number of rotatable bonds is 4. The van der Waals surface area contributed by atoms with Crippen LogP contribution < -0.4 is 5.73 Å². The summed E-state index contributed by atoms with van der Waals surface area (Å²) in [6, 6.07) is 0. The van der Waals surface area contributed by atoms with Gasteiger partial charge in [-0.05, 0) is 19.3 Å². The van der Waals surface area contributed by atoms with Crippen molar-refractivity contribution in [3.63, 3.8) is 0 Å². The minimum Gasteiger partial charge on any atom is -0.387 e. The molecule has 1 saturated heterocycles. The maximum Gasteiger partial charge on any atom is 0.0938 e. The lowest BCUT2D eigenvalue weighted by atomic mass is 10.2. The zero-order valence-electron chi connectivity index (χ0n) is 7.75. The van der Waals surface area contributed by atoms with Gasteiger partial charge >= 0.3 is 0 Å². The van der Waals surface area contributed by atoms with E-state index in [9.17, 15) is 0 Å². The molecular formula is C9H18N2O. The van der Waals surface area contributed by atoms with Crippen molar-refractivity contribution in [1.82, 2.24) is 0 Å². The Balaban J connectivity index is 2.17. The summed E-state index contributed by atoms with van der Waals surface area (Å²) < 4.78 is 5.42. The fourth-order valence-electron chi connectivity index (χ4n) is 1.34. The third-order valence-electron chi connectivity index (χ3n) is 2.03. The minimum atomic E-state index is 0.334. The Labute approximate surface area is 74.0 Å². The molecule has 12 heavy (non-hydrogen) atoms. The van der Waals surface area contributed by atoms with Gasteiger partial charge in [-0.2, -0.15) is 0 Å². The molecule has 1 rings (SSSR count). The van der Waals surface area contributed by atoms with Crippen molar-refractivity contribution >= 4 is 5.84 Å². The number of aliphatic imine (C=N–C) groups is 1. The summed E-state index contributed by atoms with van der Waals surface area (Å²) in [6.45, 7) is 3.76. The Morgan fingerprint density at radius 2 is 2.50 bits per heavy atom. The van der Waals surface area contributed by atoms with Gasteiger partial charge in [0, 0.05) is 13.0 Å². The molecule has 1 atom stereocenters. The van der Waals surface area contributed by atoms with E-state index >= 15 is 0 Å². The first kappa shape index (κ1) is 9.52. The molecule has 1 aliphatic rings. The van der Waals surface area contributed by atoms with E-state index in [0.717, 1.165) is 38.2 Å². The van der Waals surface area contributed by atoms with Gasteiger partial charge in [0.1, 0.15) is 0 Å². The number of nitrogens with two attached hydrogens (primary N) is 1. The molecule has 1 unspecified atom stereocenters. The zero-order valence-corrected chi connectivity index (χ0v) is 7.75. The van der Waals surface area contributed by atoms with Crippen molar-refractivity contribution in [3.05, 3.63) is 0 Å². The van der Waals surface area contributed by atoms with Crippen molar-refractivity contribution < 1.29 is 4.74 Å². The molecule has 0 radical (unpaired) electrons. The van der Waals surface area contributed by atoms with Crippen LogP contribution in [-0.2, 0) is 4.74 Å². The molecule has 0 aliphatic carbocycles. The van der Waals surface area contributed by atoms with Crippen LogP contribution >= 0.6 is 0 Å². The highest BCUT2D eigenvalue weighted by Crippen LogP contribution is 2.11. The Morgan fingerprint density at radius 3 is 3.08 bits per heavy atom. The van der Waals surface area contributed by atoms with Gasteiger partial charge in [0.2, 0.25) is 0 Å². The summed E-state index contributed by atoms with van der Waals surface area (Å²) in [5.41, 5.74) is 5.66. The molecule has 3 heteroatoms. The van der Waals surface area contributed by atoms with Crippen LogP contribution in [0.4, 0.5) is 0 Å². The largest absolute Gasteiger partial charge is 0.387 e. The first-order valence-electron chi connectivity index (χ1n) is 4.73. The summed E-state index contributed by atoms with van der Waals surface area (Å²) in [5.74, 6) is 0.771. The van der Waals surface area contributed by atoms with Crippen LogP contribution in [0, 0.1) is 0 Å². The van der Waals surface area contributed by atoms with E-state index in [2.05, 4.69) is 11.9 Å². The lowest BCUT2D eigenvalue weighted by Crippen LogP contribution is -2.16. The molecule has 0 bridgehead atoms. The summed E-state index contributed by atoms with van der Waals surface area (Å²) in [4.78, 5) is 4.27. The summed E-state index contributed by atoms with van der Waals surface area (Å²) in [6.07, 6.45) is 4.63. The molecule has 3 nitrogen and oxygen atoms in total. The molecule has 0 spiro atoms. The smallest absolute Gasteiger partial charge is 0.0938 e. The monoisotopic (exact) mass is 170 g/mol. The van der Waals surface area contributed by atoms with Crippen LogP contribution in [0.2, 0.25) is 0 Å². The van der Waals surface area contributed by atoms with E-state index in [4.69, 9.17) is 10.5 Å². The van der Waals surface area contributed by atoms with Gasteiger partial charge in [-0.25, -0.2) is 0 Å². The predicted octanol–water partition coefficient (Wildman–Crippen LogP) is 1.32. The Hall–Kier alpha value is -0.570. The van der Waals surface area contributed by atoms with Crippen molar-refractivity contribution in [2.24, 2.45) is 10.7 Å². The molecular weight excluding hydrogens is 152 g/mol. The second kappa shape index (κ2) is 5.14. The minimum absolute atomic E-state index is 0.334. The van der Waals surface area contributed by atoms with Crippen molar-refractivity contribution in [3.8, 4) is 0 Å². The number of hydrogen-bond acceptors (Lipinski definition) is 2.